The highest BCUT2D eigenvalue weighted by Gasteiger charge is 2.21. The number of aromatic nitrogens is 4. The molecule has 0 bridgehead atoms. The van der Waals surface area contributed by atoms with Crippen LogP contribution in [0.4, 0.5) is 0 Å². The summed E-state index contributed by atoms with van der Waals surface area (Å²) in [6.07, 6.45) is 4.67. The van der Waals surface area contributed by atoms with Crippen LogP contribution >= 0.6 is 24.8 Å². The fraction of sp³-hybridized carbons (Fsp3) is 0.500. The van der Waals surface area contributed by atoms with Gasteiger partial charge in [-0.3, -0.25) is 9.89 Å². The first kappa shape index (κ1) is 21.4. The van der Waals surface area contributed by atoms with Crippen molar-refractivity contribution in [2.75, 3.05) is 0 Å². The Morgan fingerprint density at radius 1 is 1.43 bits per heavy atom. The lowest BCUT2D eigenvalue weighted by molar-refractivity contribution is -0.122. The lowest BCUT2D eigenvalue weighted by atomic mass is 10.1. The number of rotatable bonds is 6. The summed E-state index contributed by atoms with van der Waals surface area (Å²) >= 11 is 0. The molecule has 7 nitrogen and oxygen atoms in total. The van der Waals surface area contributed by atoms with Crippen molar-refractivity contribution in [2.24, 2.45) is 5.73 Å². The Hall–Kier alpha value is -1.57. The monoisotopic (exact) mass is 362 g/mol. The molecule has 0 radical (unpaired) electrons. The number of aromatic amines is 1. The van der Waals surface area contributed by atoms with E-state index in [1.165, 1.54) is 0 Å². The number of imidazole rings is 1. The lowest BCUT2D eigenvalue weighted by Gasteiger charge is -2.13. The van der Waals surface area contributed by atoms with E-state index in [0.717, 1.165) is 35.7 Å². The molecule has 2 aromatic heterocycles. The second kappa shape index (κ2) is 9.54. The molecule has 4 N–H and O–H groups in total. The highest BCUT2D eigenvalue weighted by atomic mass is 35.5. The van der Waals surface area contributed by atoms with Crippen molar-refractivity contribution in [3.05, 3.63) is 35.2 Å². The van der Waals surface area contributed by atoms with Gasteiger partial charge in [-0.25, -0.2) is 4.98 Å². The quantitative estimate of drug-likeness (QED) is 0.728. The van der Waals surface area contributed by atoms with Crippen molar-refractivity contribution in [2.45, 2.75) is 46.3 Å². The molecule has 0 spiro atoms. The van der Waals surface area contributed by atoms with Crippen LogP contribution in [0.5, 0.6) is 0 Å². The molecule has 0 aliphatic carbocycles. The predicted molar refractivity (Wildman–Crippen MR) is 93.9 cm³/mol. The highest BCUT2D eigenvalue weighted by Crippen LogP contribution is 2.17. The van der Waals surface area contributed by atoms with E-state index in [1.807, 2.05) is 24.6 Å². The lowest BCUT2D eigenvalue weighted by Crippen LogP contribution is -2.35. The minimum absolute atomic E-state index is 0. The molecule has 2 heterocycles. The number of nitrogens with two attached hydrogens (primary N) is 1. The van der Waals surface area contributed by atoms with Gasteiger partial charge in [-0.05, 0) is 20.3 Å². The topological polar surface area (TPSA) is 102 Å². The second-order valence-corrected chi connectivity index (χ2v) is 5.08. The predicted octanol–water partition coefficient (Wildman–Crippen LogP) is 1.79. The molecule has 0 fully saturated rings. The molecule has 1 unspecified atom stereocenters. The molecule has 1 amide bonds. The number of amides is 1. The summed E-state index contributed by atoms with van der Waals surface area (Å²) in [6.45, 7) is 7.05. The average Bonchev–Trinajstić information content (AvgIpc) is 3.03. The fourth-order valence-corrected chi connectivity index (χ4v) is 2.38. The molecular formula is C14H24Cl2N6O. The van der Waals surface area contributed by atoms with Crippen LogP contribution in [-0.2, 0) is 17.9 Å². The van der Waals surface area contributed by atoms with Crippen LogP contribution in [0.3, 0.4) is 0 Å². The van der Waals surface area contributed by atoms with Crippen molar-refractivity contribution in [1.82, 2.24) is 25.1 Å². The van der Waals surface area contributed by atoms with Crippen molar-refractivity contribution in [3.8, 4) is 0 Å². The van der Waals surface area contributed by atoms with Gasteiger partial charge in [0.25, 0.3) is 0 Å². The maximum atomic E-state index is 12.2. The highest BCUT2D eigenvalue weighted by molar-refractivity contribution is 5.85. The number of hydrogen-bond acceptors (Lipinski definition) is 4. The third-order valence-corrected chi connectivity index (χ3v) is 3.47. The summed E-state index contributed by atoms with van der Waals surface area (Å²) in [4.78, 5) is 16.4. The maximum absolute atomic E-state index is 12.2. The smallest absolute Gasteiger partial charge is 0.242 e. The molecule has 0 aliphatic rings. The normalized spacial score (nSPS) is 11.3. The number of carbonyl (C=O) groups is 1. The SMILES string of the molecule is CCCn1ccnc1CNC(=O)C(N)c1c(C)n[nH]c1C.Cl.Cl. The Bertz CT molecular complexity index is 605. The van der Waals surface area contributed by atoms with Gasteiger partial charge in [0.1, 0.15) is 11.9 Å². The zero-order valence-electron chi connectivity index (χ0n) is 13.5. The number of H-pyrrole nitrogens is 1. The van der Waals surface area contributed by atoms with Crippen LogP contribution < -0.4 is 11.1 Å². The van der Waals surface area contributed by atoms with Crippen molar-refractivity contribution in [1.29, 1.82) is 0 Å². The van der Waals surface area contributed by atoms with E-state index in [0.29, 0.717) is 6.54 Å². The van der Waals surface area contributed by atoms with Crippen LogP contribution in [0.2, 0.25) is 0 Å². The van der Waals surface area contributed by atoms with Gasteiger partial charge in [0, 0.05) is 30.2 Å². The first-order chi connectivity index (χ1) is 10.0. The number of carbonyl (C=O) groups excluding carboxylic acids is 1. The van der Waals surface area contributed by atoms with Crippen LogP contribution in [0.1, 0.15) is 42.2 Å². The third kappa shape index (κ3) is 4.95. The largest absolute Gasteiger partial charge is 0.347 e. The van der Waals surface area contributed by atoms with Gasteiger partial charge in [-0.15, -0.1) is 24.8 Å². The van der Waals surface area contributed by atoms with Gasteiger partial charge < -0.3 is 15.6 Å². The molecule has 9 heteroatoms. The van der Waals surface area contributed by atoms with E-state index in [-0.39, 0.29) is 30.7 Å². The Kier molecular flexibility index (Phi) is 8.89. The van der Waals surface area contributed by atoms with Gasteiger partial charge >= 0.3 is 0 Å². The summed E-state index contributed by atoms with van der Waals surface area (Å²) in [6, 6.07) is -0.724. The van der Waals surface area contributed by atoms with Gasteiger partial charge in [0.2, 0.25) is 5.91 Å². The molecule has 2 rings (SSSR count). The molecule has 0 aliphatic heterocycles. The fourth-order valence-electron chi connectivity index (χ4n) is 2.38. The second-order valence-electron chi connectivity index (χ2n) is 5.08. The van der Waals surface area contributed by atoms with E-state index >= 15 is 0 Å². The Morgan fingerprint density at radius 3 is 2.70 bits per heavy atom. The molecule has 1 atom stereocenters. The Labute approximate surface area is 148 Å². The summed E-state index contributed by atoms with van der Waals surface area (Å²) in [7, 11) is 0. The number of nitrogens with zero attached hydrogens (tertiary/aromatic N) is 3. The Morgan fingerprint density at radius 2 is 2.13 bits per heavy atom. The van der Waals surface area contributed by atoms with Gasteiger partial charge in [0.05, 0.1) is 12.2 Å². The van der Waals surface area contributed by atoms with E-state index in [9.17, 15) is 4.79 Å². The van der Waals surface area contributed by atoms with E-state index in [2.05, 4.69) is 27.4 Å². The summed E-state index contributed by atoms with van der Waals surface area (Å²) in [5, 5.41) is 9.75. The molecule has 130 valence electrons. The number of hydrogen-bond donors (Lipinski definition) is 3. The Balaban J connectivity index is 0.00000242. The number of halogens is 2. The van der Waals surface area contributed by atoms with Gasteiger partial charge in [0.15, 0.2) is 0 Å². The van der Waals surface area contributed by atoms with Crippen LogP contribution in [0.15, 0.2) is 12.4 Å². The van der Waals surface area contributed by atoms with E-state index < -0.39 is 6.04 Å². The molecule has 23 heavy (non-hydrogen) atoms. The minimum Gasteiger partial charge on any atom is -0.347 e. The molecular weight excluding hydrogens is 339 g/mol. The zero-order valence-corrected chi connectivity index (χ0v) is 15.1. The van der Waals surface area contributed by atoms with Gasteiger partial charge in [-0.1, -0.05) is 6.92 Å². The van der Waals surface area contributed by atoms with E-state index in [1.54, 1.807) is 6.20 Å². The first-order valence-corrected chi connectivity index (χ1v) is 7.09. The standard InChI is InChI=1S/C14H22N6O.2ClH/c1-4-6-20-7-5-16-11(20)8-17-14(21)13(15)12-9(2)18-19-10(12)3;;/h5,7,13H,4,6,8,15H2,1-3H3,(H,17,21)(H,18,19);2*1H. The van der Waals surface area contributed by atoms with Crippen molar-refractivity contribution in [3.63, 3.8) is 0 Å². The van der Waals surface area contributed by atoms with Crippen LogP contribution in [0, 0.1) is 13.8 Å². The van der Waals surface area contributed by atoms with Crippen molar-refractivity contribution < 1.29 is 4.79 Å². The summed E-state index contributed by atoms with van der Waals surface area (Å²) in [5.74, 6) is 0.603. The van der Waals surface area contributed by atoms with Gasteiger partial charge in [-0.2, -0.15) is 5.10 Å². The number of aryl methyl sites for hydroxylation is 3. The maximum Gasteiger partial charge on any atom is 0.242 e. The third-order valence-electron chi connectivity index (χ3n) is 3.47. The van der Waals surface area contributed by atoms with Crippen LogP contribution in [0.25, 0.3) is 0 Å². The summed E-state index contributed by atoms with van der Waals surface area (Å²) in [5.41, 5.74) is 8.35. The zero-order chi connectivity index (χ0) is 15.4. The summed E-state index contributed by atoms with van der Waals surface area (Å²) < 4.78 is 2.03. The molecule has 0 aromatic carbocycles. The molecule has 0 saturated carbocycles. The molecule has 0 saturated heterocycles. The molecule has 2 aromatic rings. The number of nitrogens with one attached hydrogen (secondary N) is 2. The first-order valence-electron chi connectivity index (χ1n) is 7.09. The van der Waals surface area contributed by atoms with Crippen molar-refractivity contribution >= 4 is 30.7 Å². The average molecular weight is 363 g/mol. The van der Waals surface area contributed by atoms with Crippen LogP contribution in [-0.4, -0.2) is 25.7 Å². The van der Waals surface area contributed by atoms with E-state index in [4.69, 9.17) is 5.73 Å². The minimum atomic E-state index is -0.724.